The topological polar surface area (TPSA) is 28.2 Å². The largest absolute Gasteiger partial charge is 0.313 e. The molecule has 1 fully saturated rings. The first-order valence-corrected chi connectivity index (χ1v) is 7.33. The lowest BCUT2D eigenvalue weighted by molar-refractivity contribution is 0.237. The summed E-state index contributed by atoms with van der Waals surface area (Å²) in [7, 11) is 0. The van der Waals surface area contributed by atoms with Gasteiger partial charge in [0.15, 0.2) is 0 Å². The number of unbranched alkanes of at least 4 members (excludes halogenated alkanes) is 1. The summed E-state index contributed by atoms with van der Waals surface area (Å²) in [5.41, 5.74) is 0.967. The molecule has 1 aliphatic rings. The number of nitrogens with zero attached hydrogens (tertiary/aromatic N) is 2. The van der Waals surface area contributed by atoms with E-state index >= 15 is 0 Å². The Bertz CT molecular complexity index is 377. The molecule has 0 bridgehead atoms. The Balaban J connectivity index is 1.92. The second-order valence-electron chi connectivity index (χ2n) is 5.39. The van der Waals surface area contributed by atoms with E-state index in [-0.39, 0.29) is 5.82 Å². The van der Waals surface area contributed by atoms with Gasteiger partial charge in [-0.1, -0.05) is 13.3 Å². The van der Waals surface area contributed by atoms with Crippen molar-refractivity contribution in [3.63, 3.8) is 0 Å². The fourth-order valence-corrected chi connectivity index (χ4v) is 2.64. The summed E-state index contributed by atoms with van der Waals surface area (Å²) in [6, 6.07) is 2.19. The number of halogens is 1. The fourth-order valence-electron chi connectivity index (χ4n) is 2.64. The lowest BCUT2D eigenvalue weighted by Gasteiger charge is -2.25. The molecule has 0 spiro atoms. The second-order valence-corrected chi connectivity index (χ2v) is 5.39. The van der Waals surface area contributed by atoms with Gasteiger partial charge in [-0.25, -0.2) is 4.39 Å². The van der Waals surface area contributed by atoms with Crippen molar-refractivity contribution < 1.29 is 4.39 Å². The zero-order valence-electron chi connectivity index (χ0n) is 11.7. The van der Waals surface area contributed by atoms with Gasteiger partial charge in [0.25, 0.3) is 0 Å². The van der Waals surface area contributed by atoms with Gasteiger partial charge in [0.05, 0.1) is 6.20 Å². The molecule has 4 heteroatoms. The van der Waals surface area contributed by atoms with Crippen LogP contribution in [0.2, 0.25) is 0 Å². The molecule has 1 unspecified atom stereocenters. The van der Waals surface area contributed by atoms with E-state index in [1.54, 1.807) is 12.3 Å². The van der Waals surface area contributed by atoms with Crippen LogP contribution in [-0.2, 0) is 6.54 Å². The maximum absolute atomic E-state index is 13.2. The summed E-state index contributed by atoms with van der Waals surface area (Å²) in [5.74, 6) is -0.244. The Hall–Kier alpha value is -1.00. The SMILES string of the molecule is CCCCN(Cc1cncc(F)c1)CC1CCCN1. The third-order valence-corrected chi connectivity index (χ3v) is 3.64. The maximum atomic E-state index is 13.2. The third kappa shape index (κ3) is 4.88. The molecule has 0 radical (unpaired) electrons. The zero-order valence-corrected chi connectivity index (χ0v) is 11.7. The van der Waals surface area contributed by atoms with Gasteiger partial charge in [0, 0.05) is 25.3 Å². The van der Waals surface area contributed by atoms with Crippen LogP contribution in [0, 0.1) is 5.82 Å². The summed E-state index contributed by atoms with van der Waals surface area (Å²) in [5, 5.41) is 3.53. The van der Waals surface area contributed by atoms with Crippen LogP contribution in [0.1, 0.15) is 38.2 Å². The average Bonchev–Trinajstić information content (AvgIpc) is 2.89. The standard InChI is InChI=1S/C15H24FN3/c1-2-3-7-19(12-15-5-4-6-18-15)11-13-8-14(16)10-17-9-13/h8-10,15,18H,2-7,11-12H2,1H3. The summed E-state index contributed by atoms with van der Waals surface area (Å²) >= 11 is 0. The van der Waals surface area contributed by atoms with Crippen LogP contribution in [0.4, 0.5) is 4.39 Å². The van der Waals surface area contributed by atoms with Crippen LogP contribution in [0.3, 0.4) is 0 Å². The van der Waals surface area contributed by atoms with Gasteiger partial charge in [-0.2, -0.15) is 0 Å². The second kappa shape index (κ2) is 7.56. The molecular formula is C15H24FN3. The van der Waals surface area contributed by atoms with E-state index in [1.807, 2.05) is 0 Å². The molecule has 0 amide bonds. The van der Waals surface area contributed by atoms with Gasteiger partial charge in [-0.3, -0.25) is 9.88 Å². The first-order valence-electron chi connectivity index (χ1n) is 7.33. The minimum absolute atomic E-state index is 0.244. The highest BCUT2D eigenvalue weighted by Gasteiger charge is 2.17. The molecule has 1 aliphatic heterocycles. The van der Waals surface area contributed by atoms with E-state index in [2.05, 4.69) is 22.1 Å². The monoisotopic (exact) mass is 265 g/mol. The molecule has 2 rings (SSSR count). The van der Waals surface area contributed by atoms with Crippen LogP contribution in [0.15, 0.2) is 18.5 Å². The number of pyridine rings is 1. The summed E-state index contributed by atoms with van der Waals surface area (Å²) in [4.78, 5) is 6.35. The predicted octanol–water partition coefficient (Wildman–Crippen LogP) is 2.57. The fraction of sp³-hybridized carbons (Fsp3) is 0.667. The molecule has 1 atom stereocenters. The molecule has 0 aliphatic carbocycles. The quantitative estimate of drug-likeness (QED) is 0.821. The number of hydrogen-bond acceptors (Lipinski definition) is 3. The lowest BCUT2D eigenvalue weighted by Crippen LogP contribution is -2.37. The van der Waals surface area contributed by atoms with Crippen LogP contribution < -0.4 is 5.32 Å². The molecule has 19 heavy (non-hydrogen) atoms. The van der Waals surface area contributed by atoms with E-state index < -0.39 is 0 Å². The lowest BCUT2D eigenvalue weighted by atomic mass is 10.2. The molecule has 0 saturated carbocycles. The van der Waals surface area contributed by atoms with Crippen molar-refractivity contribution in [1.82, 2.24) is 15.2 Å². The first kappa shape index (κ1) is 14.4. The normalized spacial score (nSPS) is 19.2. The first-order chi connectivity index (χ1) is 9.28. The van der Waals surface area contributed by atoms with Gasteiger partial charge in [0.2, 0.25) is 0 Å². The Labute approximate surface area is 115 Å². The summed E-state index contributed by atoms with van der Waals surface area (Å²) < 4.78 is 13.2. The Morgan fingerprint density at radius 2 is 2.37 bits per heavy atom. The highest BCUT2D eigenvalue weighted by Crippen LogP contribution is 2.11. The van der Waals surface area contributed by atoms with Crippen LogP contribution in [0.25, 0.3) is 0 Å². The number of hydrogen-bond donors (Lipinski definition) is 1. The Morgan fingerprint density at radius 1 is 1.47 bits per heavy atom. The number of nitrogens with one attached hydrogen (secondary N) is 1. The van der Waals surface area contributed by atoms with E-state index in [9.17, 15) is 4.39 Å². The van der Waals surface area contributed by atoms with Crippen LogP contribution in [-0.4, -0.2) is 35.6 Å². The van der Waals surface area contributed by atoms with Crippen molar-refractivity contribution >= 4 is 0 Å². The van der Waals surface area contributed by atoms with Crippen molar-refractivity contribution in [3.8, 4) is 0 Å². The average molecular weight is 265 g/mol. The van der Waals surface area contributed by atoms with Gasteiger partial charge >= 0.3 is 0 Å². The van der Waals surface area contributed by atoms with E-state index in [1.165, 1.54) is 31.9 Å². The third-order valence-electron chi connectivity index (χ3n) is 3.64. The maximum Gasteiger partial charge on any atom is 0.141 e. The highest BCUT2D eigenvalue weighted by atomic mass is 19.1. The minimum Gasteiger partial charge on any atom is -0.313 e. The van der Waals surface area contributed by atoms with Crippen molar-refractivity contribution in [2.24, 2.45) is 0 Å². The van der Waals surface area contributed by atoms with E-state index in [0.29, 0.717) is 6.04 Å². The molecule has 1 N–H and O–H groups in total. The molecule has 2 heterocycles. The van der Waals surface area contributed by atoms with Gasteiger partial charge in [0.1, 0.15) is 5.82 Å². The zero-order chi connectivity index (χ0) is 13.5. The van der Waals surface area contributed by atoms with Crippen LogP contribution in [0.5, 0.6) is 0 Å². The molecule has 106 valence electrons. The number of rotatable bonds is 7. The van der Waals surface area contributed by atoms with Crippen molar-refractivity contribution in [3.05, 3.63) is 29.8 Å². The highest BCUT2D eigenvalue weighted by molar-refractivity contribution is 5.10. The Kier molecular flexibility index (Phi) is 5.73. The molecule has 3 nitrogen and oxygen atoms in total. The van der Waals surface area contributed by atoms with Gasteiger partial charge in [-0.05, 0) is 44.0 Å². The summed E-state index contributed by atoms with van der Waals surface area (Å²) in [6.07, 6.45) is 7.94. The van der Waals surface area contributed by atoms with Crippen molar-refractivity contribution in [2.45, 2.75) is 45.2 Å². The van der Waals surface area contributed by atoms with Crippen LogP contribution >= 0.6 is 0 Å². The van der Waals surface area contributed by atoms with E-state index in [0.717, 1.165) is 31.7 Å². The summed E-state index contributed by atoms with van der Waals surface area (Å²) in [6.45, 7) is 6.26. The minimum atomic E-state index is -0.244. The number of aromatic nitrogens is 1. The Morgan fingerprint density at radius 3 is 3.05 bits per heavy atom. The molecular weight excluding hydrogens is 241 g/mol. The molecule has 1 aromatic rings. The molecule has 0 aromatic carbocycles. The smallest absolute Gasteiger partial charge is 0.141 e. The predicted molar refractivity (Wildman–Crippen MR) is 75.4 cm³/mol. The van der Waals surface area contributed by atoms with Gasteiger partial charge < -0.3 is 5.32 Å². The van der Waals surface area contributed by atoms with E-state index in [4.69, 9.17) is 0 Å². The molecule has 1 aromatic heterocycles. The van der Waals surface area contributed by atoms with Gasteiger partial charge in [-0.15, -0.1) is 0 Å². The van der Waals surface area contributed by atoms with Crippen molar-refractivity contribution in [1.29, 1.82) is 0 Å². The molecule has 1 saturated heterocycles. The van der Waals surface area contributed by atoms with Crippen molar-refractivity contribution in [2.75, 3.05) is 19.6 Å².